The van der Waals surface area contributed by atoms with Crippen molar-refractivity contribution >= 4 is 29.4 Å². The van der Waals surface area contributed by atoms with Gasteiger partial charge in [0, 0.05) is 29.6 Å². The number of carbonyl (C=O) groups excluding carboxylic acids is 2. The lowest BCUT2D eigenvalue weighted by molar-refractivity contribution is -0.141. The van der Waals surface area contributed by atoms with E-state index in [0.29, 0.717) is 31.6 Å². The van der Waals surface area contributed by atoms with E-state index in [1.165, 1.54) is 18.0 Å². The summed E-state index contributed by atoms with van der Waals surface area (Å²) in [5.41, 5.74) is 0.666. The third-order valence-corrected chi connectivity index (χ3v) is 4.94. The zero-order chi connectivity index (χ0) is 19.2. The second-order valence-electron chi connectivity index (χ2n) is 5.85. The molecule has 26 heavy (non-hydrogen) atoms. The molecular weight excluding hydrogens is 367 g/mol. The van der Waals surface area contributed by atoms with E-state index in [4.69, 9.17) is 0 Å². The molecule has 2 rings (SSSR count). The highest BCUT2D eigenvalue weighted by Crippen LogP contribution is 2.29. The molecule has 1 aliphatic heterocycles. The summed E-state index contributed by atoms with van der Waals surface area (Å²) in [6.45, 7) is 3.33. The Morgan fingerprint density at radius 3 is 2.38 bits per heavy atom. The Kier molecular flexibility index (Phi) is 7.10. The SMILES string of the molecule is C=CC(=O)Nc1ccc(SN2CCC(C(=O)NCC(F)(F)F)CC2)cc1. The Bertz CT molecular complexity index is 642. The van der Waals surface area contributed by atoms with Gasteiger partial charge in [-0.3, -0.25) is 9.59 Å². The molecule has 1 aromatic rings. The standard InChI is InChI=1S/C17H20F3N3O2S/c1-2-15(24)22-13-3-5-14(6-4-13)26-23-9-7-12(8-10-23)16(25)21-11-17(18,19)20/h2-6,12H,1,7-11H2,(H,21,25)(H,22,24). The van der Waals surface area contributed by atoms with Crippen LogP contribution >= 0.6 is 11.9 Å². The van der Waals surface area contributed by atoms with Gasteiger partial charge >= 0.3 is 6.18 Å². The van der Waals surface area contributed by atoms with Gasteiger partial charge in [0.1, 0.15) is 6.54 Å². The molecule has 2 N–H and O–H groups in total. The number of nitrogens with one attached hydrogen (secondary N) is 2. The zero-order valence-corrected chi connectivity index (χ0v) is 14.8. The summed E-state index contributed by atoms with van der Waals surface area (Å²) >= 11 is 1.52. The minimum Gasteiger partial charge on any atom is -0.347 e. The van der Waals surface area contributed by atoms with Crippen LogP contribution < -0.4 is 10.6 Å². The molecule has 2 amide bonds. The average Bonchev–Trinajstić information content (AvgIpc) is 2.61. The normalized spacial score (nSPS) is 16.1. The maximum absolute atomic E-state index is 12.2. The lowest BCUT2D eigenvalue weighted by Gasteiger charge is -2.30. The topological polar surface area (TPSA) is 61.4 Å². The summed E-state index contributed by atoms with van der Waals surface area (Å²) in [6.07, 6.45) is -2.16. The number of anilines is 1. The maximum Gasteiger partial charge on any atom is 0.405 e. The number of alkyl halides is 3. The Balaban J connectivity index is 1.77. The Morgan fingerprint density at radius 2 is 1.85 bits per heavy atom. The lowest BCUT2D eigenvalue weighted by atomic mass is 9.97. The van der Waals surface area contributed by atoms with Crippen molar-refractivity contribution in [3.63, 3.8) is 0 Å². The van der Waals surface area contributed by atoms with Crippen LogP contribution in [0.15, 0.2) is 41.8 Å². The molecule has 0 unspecified atom stereocenters. The van der Waals surface area contributed by atoms with Crippen LogP contribution in [0.2, 0.25) is 0 Å². The molecule has 1 saturated heterocycles. The lowest BCUT2D eigenvalue weighted by Crippen LogP contribution is -2.41. The van der Waals surface area contributed by atoms with Crippen LogP contribution in [-0.4, -0.2) is 41.9 Å². The molecule has 1 heterocycles. The highest BCUT2D eigenvalue weighted by Gasteiger charge is 2.31. The Hall–Kier alpha value is -2.00. The second kappa shape index (κ2) is 9.09. The van der Waals surface area contributed by atoms with Gasteiger partial charge in [0.15, 0.2) is 0 Å². The molecule has 0 bridgehead atoms. The fraction of sp³-hybridized carbons (Fsp3) is 0.412. The van der Waals surface area contributed by atoms with E-state index >= 15 is 0 Å². The van der Waals surface area contributed by atoms with Crippen molar-refractivity contribution in [2.45, 2.75) is 23.9 Å². The number of hydrogen-bond donors (Lipinski definition) is 2. The van der Waals surface area contributed by atoms with Crippen molar-refractivity contribution in [3.8, 4) is 0 Å². The molecule has 0 radical (unpaired) electrons. The van der Waals surface area contributed by atoms with Crippen molar-refractivity contribution in [2.24, 2.45) is 5.92 Å². The van der Waals surface area contributed by atoms with Gasteiger partial charge in [-0.05, 0) is 55.1 Å². The number of amides is 2. The number of piperidine rings is 1. The molecule has 0 spiro atoms. The van der Waals surface area contributed by atoms with Gasteiger partial charge in [0.05, 0.1) is 0 Å². The van der Waals surface area contributed by atoms with Crippen LogP contribution in [-0.2, 0) is 9.59 Å². The summed E-state index contributed by atoms with van der Waals surface area (Å²) in [4.78, 5) is 24.0. The molecule has 1 fully saturated rings. The number of carbonyl (C=O) groups is 2. The number of hydrogen-bond acceptors (Lipinski definition) is 4. The summed E-state index contributed by atoms with van der Waals surface area (Å²) < 4.78 is 38.5. The van der Waals surface area contributed by atoms with E-state index in [-0.39, 0.29) is 11.8 Å². The molecule has 1 aromatic carbocycles. The fourth-order valence-electron chi connectivity index (χ4n) is 2.48. The van der Waals surface area contributed by atoms with E-state index in [9.17, 15) is 22.8 Å². The van der Waals surface area contributed by atoms with E-state index < -0.39 is 18.6 Å². The highest BCUT2D eigenvalue weighted by atomic mass is 32.2. The Morgan fingerprint density at radius 1 is 1.23 bits per heavy atom. The van der Waals surface area contributed by atoms with Crippen LogP contribution in [0.5, 0.6) is 0 Å². The van der Waals surface area contributed by atoms with Crippen molar-refractivity contribution in [1.82, 2.24) is 9.62 Å². The first-order valence-electron chi connectivity index (χ1n) is 8.07. The summed E-state index contributed by atoms with van der Waals surface area (Å²) in [6, 6.07) is 7.29. The summed E-state index contributed by atoms with van der Waals surface area (Å²) in [5, 5.41) is 4.61. The maximum atomic E-state index is 12.2. The van der Waals surface area contributed by atoms with Crippen molar-refractivity contribution in [1.29, 1.82) is 0 Å². The summed E-state index contributed by atoms with van der Waals surface area (Å²) in [7, 11) is 0. The minimum absolute atomic E-state index is 0.281. The van der Waals surface area contributed by atoms with Gasteiger partial charge < -0.3 is 10.6 Å². The fourth-order valence-corrected chi connectivity index (χ4v) is 3.43. The van der Waals surface area contributed by atoms with E-state index in [1.54, 1.807) is 12.1 Å². The van der Waals surface area contributed by atoms with Gasteiger partial charge in [-0.2, -0.15) is 13.2 Å². The van der Waals surface area contributed by atoms with Gasteiger partial charge in [0.25, 0.3) is 0 Å². The largest absolute Gasteiger partial charge is 0.405 e. The molecule has 0 atom stereocenters. The average molecular weight is 387 g/mol. The molecule has 0 aliphatic carbocycles. The van der Waals surface area contributed by atoms with E-state index in [2.05, 4.69) is 16.2 Å². The number of benzene rings is 1. The van der Waals surface area contributed by atoms with Crippen LogP contribution in [0.3, 0.4) is 0 Å². The summed E-state index contributed by atoms with van der Waals surface area (Å²) in [5.74, 6) is -1.20. The number of rotatable bonds is 6. The second-order valence-corrected chi connectivity index (χ2v) is 7.02. The molecule has 142 valence electrons. The van der Waals surface area contributed by atoms with Crippen LogP contribution in [0, 0.1) is 5.92 Å². The van der Waals surface area contributed by atoms with Crippen molar-refractivity contribution in [3.05, 3.63) is 36.9 Å². The van der Waals surface area contributed by atoms with Gasteiger partial charge in [0.2, 0.25) is 11.8 Å². The van der Waals surface area contributed by atoms with Gasteiger partial charge in [-0.25, -0.2) is 4.31 Å². The quantitative estimate of drug-likeness (QED) is 0.581. The monoisotopic (exact) mass is 387 g/mol. The first-order valence-corrected chi connectivity index (χ1v) is 8.85. The molecule has 9 heteroatoms. The van der Waals surface area contributed by atoms with E-state index in [0.717, 1.165) is 4.90 Å². The number of halogens is 3. The molecular formula is C17H20F3N3O2S. The first kappa shape index (κ1) is 20.3. The van der Waals surface area contributed by atoms with Crippen molar-refractivity contribution in [2.75, 3.05) is 25.0 Å². The third kappa shape index (κ3) is 6.72. The first-order chi connectivity index (χ1) is 12.3. The Labute approximate surface area is 154 Å². The molecule has 5 nitrogen and oxygen atoms in total. The third-order valence-electron chi connectivity index (χ3n) is 3.83. The predicted octanol–water partition coefficient (Wildman–Crippen LogP) is 3.21. The molecule has 0 saturated carbocycles. The number of nitrogens with zero attached hydrogens (tertiary/aromatic N) is 1. The van der Waals surface area contributed by atoms with Crippen LogP contribution in [0.25, 0.3) is 0 Å². The minimum atomic E-state index is -4.39. The molecule has 1 aliphatic rings. The van der Waals surface area contributed by atoms with Crippen molar-refractivity contribution < 1.29 is 22.8 Å². The van der Waals surface area contributed by atoms with Gasteiger partial charge in [-0.15, -0.1) is 0 Å². The molecule has 0 aromatic heterocycles. The predicted molar refractivity (Wildman–Crippen MR) is 94.5 cm³/mol. The van der Waals surface area contributed by atoms with Crippen LogP contribution in [0.1, 0.15) is 12.8 Å². The van der Waals surface area contributed by atoms with Gasteiger partial charge in [-0.1, -0.05) is 6.58 Å². The van der Waals surface area contributed by atoms with Crippen LogP contribution in [0.4, 0.5) is 18.9 Å². The highest BCUT2D eigenvalue weighted by molar-refractivity contribution is 7.97. The van der Waals surface area contributed by atoms with E-state index in [1.807, 2.05) is 17.4 Å². The zero-order valence-electron chi connectivity index (χ0n) is 14.0. The smallest absolute Gasteiger partial charge is 0.347 e.